The zero-order valence-electron chi connectivity index (χ0n) is 12.6. The van der Waals surface area contributed by atoms with E-state index in [4.69, 9.17) is 4.74 Å². The van der Waals surface area contributed by atoms with Crippen molar-refractivity contribution in [3.63, 3.8) is 0 Å². The molecule has 1 saturated heterocycles. The quantitative estimate of drug-likeness (QED) is 0.838. The van der Waals surface area contributed by atoms with Gasteiger partial charge in [0.25, 0.3) is 0 Å². The molecule has 1 atom stereocenters. The molecule has 0 N–H and O–H groups in total. The van der Waals surface area contributed by atoms with Crippen molar-refractivity contribution >= 4 is 15.7 Å². The summed E-state index contributed by atoms with van der Waals surface area (Å²) in [6.45, 7) is 1.96. The topological polar surface area (TPSA) is 63.7 Å². The van der Waals surface area contributed by atoms with Gasteiger partial charge in [0.05, 0.1) is 25.0 Å². The van der Waals surface area contributed by atoms with Crippen LogP contribution in [-0.2, 0) is 21.1 Å². The van der Waals surface area contributed by atoms with Gasteiger partial charge in [0, 0.05) is 18.7 Å². The lowest BCUT2D eigenvalue weighted by Crippen LogP contribution is -2.38. The van der Waals surface area contributed by atoms with Crippen LogP contribution in [0.3, 0.4) is 0 Å². The number of carbonyl (C=O) groups is 1. The number of nitrogens with zero attached hydrogens (tertiary/aromatic N) is 1. The lowest BCUT2D eigenvalue weighted by molar-refractivity contribution is -0.130. The van der Waals surface area contributed by atoms with E-state index in [9.17, 15) is 13.2 Å². The number of methoxy groups -OCH3 is 1. The van der Waals surface area contributed by atoms with Gasteiger partial charge in [-0.15, -0.1) is 0 Å². The Balaban J connectivity index is 2.09. The molecule has 5 nitrogen and oxygen atoms in total. The Morgan fingerprint density at radius 1 is 1.43 bits per heavy atom. The van der Waals surface area contributed by atoms with Crippen LogP contribution in [0.2, 0.25) is 0 Å². The number of amides is 1. The summed E-state index contributed by atoms with van der Waals surface area (Å²) < 4.78 is 28.3. The lowest BCUT2D eigenvalue weighted by atomic mass is 10.1. The maximum Gasteiger partial charge on any atom is 0.227 e. The van der Waals surface area contributed by atoms with Crippen LogP contribution in [-0.4, -0.2) is 50.9 Å². The summed E-state index contributed by atoms with van der Waals surface area (Å²) in [5.74, 6) is 0.839. The van der Waals surface area contributed by atoms with E-state index in [1.807, 2.05) is 25.1 Å². The molecule has 1 fully saturated rings. The van der Waals surface area contributed by atoms with Gasteiger partial charge in [-0.05, 0) is 19.4 Å². The van der Waals surface area contributed by atoms with Gasteiger partial charge in [-0.2, -0.15) is 0 Å². The van der Waals surface area contributed by atoms with E-state index < -0.39 is 9.84 Å². The number of hydrogen-bond acceptors (Lipinski definition) is 4. The van der Waals surface area contributed by atoms with E-state index in [1.54, 1.807) is 19.1 Å². The van der Waals surface area contributed by atoms with Gasteiger partial charge in [0.1, 0.15) is 5.75 Å². The highest BCUT2D eigenvalue weighted by atomic mass is 32.2. The molecule has 1 heterocycles. The Bertz CT molecular complexity index is 639. The Morgan fingerprint density at radius 2 is 2.14 bits per heavy atom. The Labute approximate surface area is 125 Å². The number of carbonyl (C=O) groups excluding carboxylic acids is 1. The van der Waals surface area contributed by atoms with Gasteiger partial charge in [-0.1, -0.05) is 17.7 Å². The van der Waals surface area contributed by atoms with Gasteiger partial charge in [-0.3, -0.25) is 4.79 Å². The average Bonchev–Trinajstić information content (AvgIpc) is 2.78. The molecule has 1 aromatic carbocycles. The largest absolute Gasteiger partial charge is 0.496 e. The number of hydrogen-bond donors (Lipinski definition) is 0. The normalized spacial score (nSPS) is 20.2. The fraction of sp³-hybridized carbons (Fsp3) is 0.533. The number of ether oxygens (including phenoxy) is 1. The van der Waals surface area contributed by atoms with Crippen molar-refractivity contribution in [3.05, 3.63) is 29.3 Å². The van der Waals surface area contributed by atoms with Crippen molar-refractivity contribution in [3.8, 4) is 5.75 Å². The summed E-state index contributed by atoms with van der Waals surface area (Å²) in [7, 11) is 0.267. The van der Waals surface area contributed by atoms with Crippen LogP contribution in [0.1, 0.15) is 17.5 Å². The van der Waals surface area contributed by atoms with E-state index in [0.29, 0.717) is 12.2 Å². The molecule has 0 bridgehead atoms. The summed E-state index contributed by atoms with van der Waals surface area (Å²) >= 11 is 0. The number of likely N-dealkylation sites (N-methyl/N-ethyl adjacent to an activating group) is 1. The SMILES string of the molecule is COc1ccc(C)cc1CC(=O)N(C)C1CCS(=O)(=O)C1. The number of sulfone groups is 1. The smallest absolute Gasteiger partial charge is 0.227 e. The zero-order valence-corrected chi connectivity index (χ0v) is 13.4. The molecular weight excluding hydrogens is 290 g/mol. The molecule has 6 heteroatoms. The third kappa shape index (κ3) is 3.75. The first-order valence-corrected chi connectivity index (χ1v) is 8.74. The van der Waals surface area contributed by atoms with Gasteiger partial charge in [-0.25, -0.2) is 8.42 Å². The molecule has 0 saturated carbocycles. The Kier molecular flexibility index (Phi) is 4.56. The number of rotatable bonds is 4. The molecule has 0 aromatic heterocycles. The minimum Gasteiger partial charge on any atom is -0.496 e. The third-order valence-corrected chi connectivity index (χ3v) is 5.68. The highest BCUT2D eigenvalue weighted by molar-refractivity contribution is 7.91. The fourth-order valence-corrected chi connectivity index (χ4v) is 4.39. The standard InChI is InChI=1S/C15H21NO4S/c1-11-4-5-14(20-3)12(8-11)9-15(17)16(2)13-6-7-21(18,19)10-13/h4-5,8,13H,6-7,9-10H2,1-3H3. The fourth-order valence-electron chi connectivity index (χ4n) is 2.62. The molecule has 116 valence electrons. The van der Waals surface area contributed by atoms with Crippen molar-refractivity contribution in [2.45, 2.75) is 25.8 Å². The van der Waals surface area contributed by atoms with Crippen LogP contribution in [0.5, 0.6) is 5.75 Å². The molecule has 1 aliphatic heterocycles. The van der Waals surface area contributed by atoms with Crippen molar-refractivity contribution in [2.24, 2.45) is 0 Å². The second kappa shape index (κ2) is 6.05. The second-order valence-electron chi connectivity index (χ2n) is 5.55. The molecule has 1 aromatic rings. The van der Waals surface area contributed by atoms with Crippen molar-refractivity contribution in [1.29, 1.82) is 0 Å². The van der Waals surface area contributed by atoms with Crippen molar-refractivity contribution in [1.82, 2.24) is 4.90 Å². The maximum absolute atomic E-state index is 12.4. The van der Waals surface area contributed by atoms with E-state index in [-0.39, 0.29) is 29.9 Å². The van der Waals surface area contributed by atoms with Gasteiger partial charge in [0.2, 0.25) is 5.91 Å². The highest BCUT2D eigenvalue weighted by Crippen LogP contribution is 2.22. The van der Waals surface area contributed by atoms with E-state index >= 15 is 0 Å². The second-order valence-corrected chi connectivity index (χ2v) is 7.78. The van der Waals surface area contributed by atoms with Crippen LogP contribution in [0.4, 0.5) is 0 Å². The minimum atomic E-state index is -2.98. The van der Waals surface area contributed by atoms with Crippen LogP contribution in [0, 0.1) is 6.92 Å². The van der Waals surface area contributed by atoms with Crippen molar-refractivity contribution in [2.75, 3.05) is 25.7 Å². The molecule has 0 aliphatic carbocycles. The molecule has 0 radical (unpaired) electrons. The summed E-state index contributed by atoms with van der Waals surface area (Å²) in [5.41, 5.74) is 1.89. The average molecular weight is 311 g/mol. The van der Waals surface area contributed by atoms with E-state index in [2.05, 4.69) is 0 Å². The monoisotopic (exact) mass is 311 g/mol. The van der Waals surface area contributed by atoms with E-state index in [1.165, 1.54) is 0 Å². The first-order chi connectivity index (χ1) is 9.82. The third-order valence-electron chi connectivity index (χ3n) is 3.93. The highest BCUT2D eigenvalue weighted by Gasteiger charge is 2.32. The zero-order chi connectivity index (χ0) is 15.6. The first kappa shape index (κ1) is 15.8. The summed E-state index contributed by atoms with van der Waals surface area (Å²) in [5, 5.41) is 0. The molecule has 1 aliphatic rings. The van der Waals surface area contributed by atoms with E-state index in [0.717, 1.165) is 11.1 Å². The van der Waals surface area contributed by atoms with Crippen LogP contribution in [0.25, 0.3) is 0 Å². The molecule has 0 spiro atoms. The maximum atomic E-state index is 12.4. The van der Waals surface area contributed by atoms with Gasteiger partial charge < -0.3 is 9.64 Å². The van der Waals surface area contributed by atoms with Gasteiger partial charge >= 0.3 is 0 Å². The predicted octanol–water partition coefficient (Wildman–Crippen LogP) is 1.19. The van der Waals surface area contributed by atoms with Crippen LogP contribution < -0.4 is 4.74 Å². The molecular formula is C15H21NO4S. The molecule has 1 unspecified atom stereocenters. The number of benzene rings is 1. The predicted molar refractivity (Wildman–Crippen MR) is 81.3 cm³/mol. The lowest BCUT2D eigenvalue weighted by Gasteiger charge is -2.24. The Hall–Kier alpha value is -1.56. The summed E-state index contributed by atoms with van der Waals surface area (Å²) in [6, 6.07) is 5.49. The first-order valence-electron chi connectivity index (χ1n) is 6.92. The van der Waals surface area contributed by atoms with Gasteiger partial charge in [0.15, 0.2) is 9.84 Å². The van der Waals surface area contributed by atoms with Crippen LogP contribution in [0.15, 0.2) is 18.2 Å². The molecule has 1 amide bonds. The minimum absolute atomic E-state index is 0.0696. The molecule has 2 rings (SSSR count). The summed E-state index contributed by atoms with van der Waals surface area (Å²) in [6.07, 6.45) is 0.743. The number of aryl methyl sites for hydroxylation is 1. The molecule has 21 heavy (non-hydrogen) atoms. The summed E-state index contributed by atoms with van der Waals surface area (Å²) in [4.78, 5) is 13.9. The van der Waals surface area contributed by atoms with Crippen LogP contribution >= 0.6 is 0 Å². The van der Waals surface area contributed by atoms with Crippen molar-refractivity contribution < 1.29 is 17.9 Å². The Morgan fingerprint density at radius 3 is 2.71 bits per heavy atom.